The summed E-state index contributed by atoms with van der Waals surface area (Å²) in [6, 6.07) is 7.96. The van der Waals surface area contributed by atoms with Gasteiger partial charge in [-0.2, -0.15) is 0 Å². The summed E-state index contributed by atoms with van der Waals surface area (Å²) in [6.07, 6.45) is 2.79. The zero-order valence-corrected chi connectivity index (χ0v) is 11.4. The lowest BCUT2D eigenvalue weighted by Gasteiger charge is -2.08. The molecule has 1 heterocycles. The lowest BCUT2D eigenvalue weighted by atomic mass is 10.2. The van der Waals surface area contributed by atoms with Crippen LogP contribution >= 0.6 is 11.6 Å². The van der Waals surface area contributed by atoms with Crippen LogP contribution in [-0.2, 0) is 16.6 Å². The molecule has 0 unspecified atom stereocenters. The van der Waals surface area contributed by atoms with Gasteiger partial charge in [-0.05, 0) is 29.8 Å². The SMILES string of the molecule is Nc1ccc(CNS(=O)(=O)c2cccnc2)c(Cl)c1. The minimum atomic E-state index is -3.59. The number of benzene rings is 1. The Kier molecular flexibility index (Phi) is 4.04. The largest absolute Gasteiger partial charge is 0.399 e. The van der Waals surface area contributed by atoms with Gasteiger partial charge in [-0.3, -0.25) is 4.98 Å². The molecule has 0 saturated carbocycles. The second-order valence-electron chi connectivity index (χ2n) is 3.86. The molecule has 7 heteroatoms. The number of hydrogen-bond acceptors (Lipinski definition) is 4. The minimum Gasteiger partial charge on any atom is -0.399 e. The Hall–Kier alpha value is -1.63. The molecule has 0 saturated heterocycles. The van der Waals surface area contributed by atoms with Crippen molar-refractivity contribution in [3.63, 3.8) is 0 Å². The van der Waals surface area contributed by atoms with Crippen LogP contribution in [0.2, 0.25) is 5.02 Å². The Bertz CT molecular complexity index is 675. The first kappa shape index (κ1) is 13.8. The zero-order chi connectivity index (χ0) is 13.9. The number of nitrogens with zero attached hydrogens (tertiary/aromatic N) is 1. The van der Waals surface area contributed by atoms with Crippen LogP contribution in [0.25, 0.3) is 0 Å². The maximum absolute atomic E-state index is 12.0. The van der Waals surface area contributed by atoms with Gasteiger partial charge in [0.15, 0.2) is 0 Å². The van der Waals surface area contributed by atoms with Gasteiger partial charge in [0.2, 0.25) is 10.0 Å². The summed E-state index contributed by atoms with van der Waals surface area (Å²) in [7, 11) is -3.59. The lowest BCUT2D eigenvalue weighted by Crippen LogP contribution is -2.23. The fraction of sp³-hybridized carbons (Fsp3) is 0.0833. The van der Waals surface area contributed by atoms with Gasteiger partial charge in [0.1, 0.15) is 4.90 Å². The highest BCUT2D eigenvalue weighted by Crippen LogP contribution is 2.19. The summed E-state index contributed by atoms with van der Waals surface area (Å²) >= 11 is 5.98. The monoisotopic (exact) mass is 297 g/mol. The summed E-state index contributed by atoms with van der Waals surface area (Å²) in [5, 5.41) is 0.425. The summed E-state index contributed by atoms with van der Waals surface area (Å²) in [6.45, 7) is 0.0936. The van der Waals surface area contributed by atoms with Gasteiger partial charge < -0.3 is 5.73 Å². The summed E-state index contributed by atoms with van der Waals surface area (Å²) < 4.78 is 26.4. The first-order valence-electron chi connectivity index (χ1n) is 5.42. The fourth-order valence-electron chi connectivity index (χ4n) is 1.47. The van der Waals surface area contributed by atoms with Gasteiger partial charge in [0, 0.05) is 29.6 Å². The molecule has 3 N–H and O–H groups in total. The Morgan fingerprint density at radius 2 is 2.11 bits per heavy atom. The van der Waals surface area contributed by atoms with Gasteiger partial charge in [-0.15, -0.1) is 0 Å². The Morgan fingerprint density at radius 3 is 2.74 bits per heavy atom. The molecule has 0 aliphatic carbocycles. The molecule has 0 spiro atoms. The van der Waals surface area contributed by atoms with Crippen LogP contribution in [0.4, 0.5) is 5.69 Å². The molecule has 1 aromatic carbocycles. The number of halogens is 1. The van der Waals surface area contributed by atoms with E-state index >= 15 is 0 Å². The second kappa shape index (κ2) is 5.56. The summed E-state index contributed by atoms with van der Waals surface area (Å²) in [5.74, 6) is 0. The Labute approximate surface area is 116 Å². The quantitative estimate of drug-likeness (QED) is 0.843. The number of nitrogen functional groups attached to an aromatic ring is 1. The molecule has 0 atom stereocenters. The van der Waals surface area contributed by atoms with Crippen molar-refractivity contribution in [2.75, 3.05) is 5.73 Å². The average Bonchev–Trinajstić information content (AvgIpc) is 2.39. The second-order valence-corrected chi connectivity index (χ2v) is 6.04. The fourth-order valence-corrected chi connectivity index (χ4v) is 2.69. The lowest BCUT2D eigenvalue weighted by molar-refractivity contribution is 0.581. The van der Waals surface area contributed by atoms with Crippen molar-refractivity contribution >= 4 is 27.3 Å². The van der Waals surface area contributed by atoms with E-state index in [4.69, 9.17) is 17.3 Å². The molecule has 0 aliphatic rings. The van der Waals surface area contributed by atoms with Crippen molar-refractivity contribution in [1.82, 2.24) is 9.71 Å². The van der Waals surface area contributed by atoms with E-state index in [0.717, 1.165) is 0 Å². The number of sulfonamides is 1. The first-order chi connectivity index (χ1) is 8.99. The predicted molar refractivity (Wildman–Crippen MR) is 74.1 cm³/mol. The van der Waals surface area contributed by atoms with E-state index in [1.165, 1.54) is 18.5 Å². The van der Waals surface area contributed by atoms with E-state index in [1.54, 1.807) is 24.3 Å². The van der Waals surface area contributed by atoms with Crippen LogP contribution in [0, 0.1) is 0 Å². The predicted octanol–water partition coefficient (Wildman–Crippen LogP) is 1.80. The summed E-state index contributed by atoms with van der Waals surface area (Å²) in [5.41, 5.74) is 6.76. The van der Waals surface area contributed by atoms with Crippen molar-refractivity contribution in [1.29, 1.82) is 0 Å². The highest BCUT2D eigenvalue weighted by Gasteiger charge is 2.14. The molecule has 0 radical (unpaired) electrons. The average molecular weight is 298 g/mol. The highest BCUT2D eigenvalue weighted by atomic mass is 35.5. The van der Waals surface area contributed by atoms with Crippen LogP contribution in [0.15, 0.2) is 47.6 Å². The molecule has 0 fully saturated rings. The zero-order valence-electron chi connectivity index (χ0n) is 9.88. The molecule has 0 amide bonds. The smallest absolute Gasteiger partial charge is 0.242 e. The normalized spacial score (nSPS) is 11.4. The Balaban J connectivity index is 2.14. The summed E-state index contributed by atoms with van der Waals surface area (Å²) in [4.78, 5) is 3.89. The minimum absolute atomic E-state index is 0.0936. The van der Waals surface area contributed by atoms with E-state index in [0.29, 0.717) is 16.3 Å². The van der Waals surface area contributed by atoms with Crippen molar-refractivity contribution in [3.8, 4) is 0 Å². The van der Waals surface area contributed by atoms with Crippen molar-refractivity contribution in [3.05, 3.63) is 53.3 Å². The van der Waals surface area contributed by atoms with E-state index < -0.39 is 10.0 Å². The van der Waals surface area contributed by atoms with Crippen molar-refractivity contribution < 1.29 is 8.42 Å². The molecular weight excluding hydrogens is 286 g/mol. The third kappa shape index (κ3) is 3.44. The van der Waals surface area contributed by atoms with Crippen LogP contribution in [0.3, 0.4) is 0 Å². The maximum atomic E-state index is 12.0. The van der Waals surface area contributed by atoms with Crippen LogP contribution in [0.5, 0.6) is 0 Å². The number of anilines is 1. The van der Waals surface area contributed by atoms with Crippen LogP contribution in [0.1, 0.15) is 5.56 Å². The topological polar surface area (TPSA) is 85.1 Å². The van der Waals surface area contributed by atoms with Gasteiger partial charge in [-0.25, -0.2) is 13.1 Å². The number of hydrogen-bond donors (Lipinski definition) is 2. The molecule has 5 nitrogen and oxygen atoms in total. The third-order valence-corrected chi connectivity index (χ3v) is 4.21. The highest BCUT2D eigenvalue weighted by molar-refractivity contribution is 7.89. The van der Waals surface area contributed by atoms with E-state index in [9.17, 15) is 8.42 Å². The standard InChI is InChI=1S/C12H12ClN3O2S/c13-12-6-10(14)4-3-9(12)7-16-19(17,18)11-2-1-5-15-8-11/h1-6,8,16H,7,14H2. The maximum Gasteiger partial charge on any atom is 0.242 e. The van der Waals surface area contributed by atoms with Gasteiger partial charge in [-0.1, -0.05) is 17.7 Å². The van der Waals surface area contributed by atoms with Crippen molar-refractivity contribution in [2.45, 2.75) is 11.4 Å². The first-order valence-corrected chi connectivity index (χ1v) is 7.29. The number of nitrogens with one attached hydrogen (secondary N) is 1. The number of nitrogens with two attached hydrogens (primary N) is 1. The molecule has 2 rings (SSSR count). The molecule has 2 aromatic rings. The Morgan fingerprint density at radius 1 is 1.32 bits per heavy atom. The van der Waals surface area contributed by atoms with Gasteiger partial charge in [0.05, 0.1) is 0 Å². The number of pyridine rings is 1. The van der Waals surface area contributed by atoms with Crippen molar-refractivity contribution in [2.24, 2.45) is 0 Å². The van der Waals surface area contributed by atoms with Gasteiger partial charge in [0.25, 0.3) is 0 Å². The van der Waals surface area contributed by atoms with E-state index in [1.807, 2.05) is 0 Å². The number of rotatable bonds is 4. The molecule has 19 heavy (non-hydrogen) atoms. The van der Waals surface area contributed by atoms with Crippen LogP contribution < -0.4 is 10.5 Å². The van der Waals surface area contributed by atoms with E-state index in [-0.39, 0.29) is 11.4 Å². The number of aromatic nitrogens is 1. The van der Waals surface area contributed by atoms with Crippen LogP contribution in [-0.4, -0.2) is 13.4 Å². The molecule has 1 aromatic heterocycles. The third-order valence-electron chi connectivity index (χ3n) is 2.47. The van der Waals surface area contributed by atoms with E-state index in [2.05, 4.69) is 9.71 Å². The molecular formula is C12H12ClN3O2S. The molecule has 0 aliphatic heterocycles. The van der Waals surface area contributed by atoms with Gasteiger partial charge >= 0.3 is 0 Å². The molecule has 0 bridgehead atoms. The molecule has 100 valence electrons.